The predicted molar refractivity (Wildman–Crippen MR) is 89.8 cm³/mol. The van der Waals surface area contributed by atoms with E-state index in [-0.39, 0.29) is 0 Å². The lowest BCUT2D eigenvalue weighted by atomic mass is 10.0. The van der Waals surface area contributed by atoms with Crippen LogP contribution in [0.4, 0.5) is 0 Å². The van der Waals surface area contributed by atoms with Crippen LogP contribution >= 0.6 is 31.9 Å². The van der Waals surface area contributed by atoms with Gasteiger partial charge in [0, 0.05) is 33.9 Å². The zero-order valence-corrected chi connectivity index (χ0v) is 14.9. The molecule has 0 saturated carbocycles. The van der Waals surface area contributed by atoms with Crippen molar-refractivity contribution in [1.82, 2.24) is 15.1 Å². The van der Waals surface area contributed by atoms with Crippen LogP contribution in [0.1, 0.15) is 30.6 Å². The van der Waals surface area contributed by atoms with Gasteiger partial charge in [-0.05, 0) is 49.2 Å². The Morgan fingerprint density at radius 3 is 2.75 bits per heavy atom. The summed E-state index contributed by atoms with van der Waals surface area (Å²) < 4.78 is 4.20. The Labute approximate surface area is 137 Å². The van der Waals surface area contributed by atoms with Gasteiger partial charge in [0.1, 0.15) is 0 Å². The normalized spacial score (nSPS) is 12.6. The second-order valence-corrected chi connectivity index (χ2v) is 6.53. The maximum Gasteiger partial charge on any atom is 0.0492 e. The van der Waals surface area contributed by atoms with Crippen molar-refractivity contribution in [2.24, 2.45) is 7.05 Å². The molecule has 0 spiro atoms. The molecule has 1 heterocycles. The Balaban J connectivity index is 2.14. The van der Waals surface area contributed by atoms with Gasteiger partial charge >= 0.3 is 0 Å². The summed E-state index contributed by atoms with van der Waals surface area (Å²) in [6, 6.07) is 8.74. The van der Waals surface area contributed by atoms with E-state index in [1.54, 1.807) is 0 Å². The quantitative estimate of drug-likeness (QED) is 0.786. The average Bonchev–Trinajstić information content (AvgIpc) is 2.83. The lowest BCUT2D eigenvalue weighted by Gasteiger charge is -2.20. The highest BCUT2D eigenvalue weighted by molar-refractivity contribution is 9.11. The van der Waals surface area contributed by atoms with E-state index in [0.717, 1.165) is 28.3 Å². The van der Waals surface area contributed by atoms with Crippen molar-refractivity contribution in [2.75, 3.05) is 6.54 Å². The molecule has 1 aromatic carbocycles. The summed E-state index contributed by atoms with van der Waals surface area (Å²) in [6.07, 6.45) is 3.90. The molecular formula is C15H19Br2N3. The molecule has 2 rings (SSSR count). The first-order valence-corrected chi connectivity index (χ1v) is 8.35. The third-order valence-electron chi connectivity index (χ3n) is 3.40. The molecule has 1 N–H and O–H groups in total. The maximum atomic E-state index is 4.22. The molecule has 0 amide bonds. The van der Waals surface area contributed by atoms with E-state index in [1.807, 2.05) is 17.9 Å². The highest BCUT2D eigenvalue weighted by atomic mass is 79.9. The molecule has 3 nitrogen and oxygen atoms in total. The van der Waals surface area contributed by atoms with Gasteiger partial charge in [0.05, 0.1) is 0 Å². The van der Waals surface area contributed by atoms with E-state index < -0.39 is 0 Å². The van der Waals surface area contributed by atoms with Crippen LogP contribution in [0.2, 0.25) is 0 Å². The number of rotatable bonds is 6. The smallest absolute Gasteiger partial charge is 0.0492 e. The van der Waals surface area contributed by atoms with Gasteiger partial charge in [-0.3, -0.25) is 4.68 Å². The first kappa shape index (κ1) is 15.7. The summed E-state index contributed by atoms with van der Waals surface area (Å²) in [4.78, 5) is 0. The van der Waals surface area contributed by atoms with Crippen molar-refractivity contribution in [3.8, 4) is 0 Å². The molecule has 1 atom stereocenters. The lowest BCUT2D eigenvalue weighted by Crippen LogP contribution is -2.22. The van der Waals surface area contributed by atoms with Gasteiger partial charge in [-0.15, -0.1) is 0 Å². The molecule has 108 valence electrons. The van der Waals surface area contributed by atoms with E-state index in [9.17, 15) is 0 Å². The molecule has 1 aromatic heterocycles. The van der Waals surface area contributed by atoms with Crippen molar-refractivity contribution < 1.29 is 0 Å². The van der Waals surface area contributed by atoms with Gasteiger partial charge < -0.3 is 5.32 Å². The minimum atomic E-state index is 0.335. The summed E-state index contributed by atoms with van der Waals surface area (Å²) in [5, 5.41) is 7.79. The fourth-order valence-electron chi connectivity index (χ4n) is 2.33. The Hall–Kier alpha value is -0.650. The Morgan fingerprint density at radius 2 is 2.10 bits per heavy atom. The molecule has 5 heteroatoms. The molecular weight excluding hydrogens is 382 g/mol. The van der Waals surface area contributed by atoms with Crippen molar-refractivity contribution >= 4 is 31.9 Å². The van der Waals surface area contributed by atoms with Crippen LogP contribution in [-0.4, -0.2) is 16.3 Å². The fourth-order valence-corrected chi connectivity index (χ4v) is 3.24. The Kier molecular flexibility index (Phi) is 5.81. The van der Waals surface area contributed by atoms with Gasteiger partial charge in [-0.25, -0.2) is 0 Å². The van der Waals surface area contributed by atoms with Crippen molar-refractivity contribution in [3.05, 3.63) is 50.7 Å². The Morgan fingerprint density at radius 1 is 1.30 bits per heavy atom. The van der Waals surface area contributed by atoms with Crippen LogP contribution in [0.25, 0.3) is 0 Å². The standard InChI is InChI=1S/C15H19Br2N3/c1-3-18-15(7-5-12-8-9-19-20(12)2)13-10-11(16)4-6-14(13)17/h4,6,8-10,15,18H,3,5,7H2,1-2H3. The minimum absolute atomic E-state index is 0.335. The molecule has 2 aromatic rings. The molecule has 0 bridgehead atoms. The van der Waals surface area contributed by atoms with Crippen LogP contribution in [0.5, 0.6) is 0 Å². The molecule has 0 fully saturated rings. The third kappa shape index (κ3) is 3.93. The predicted octanol–water partition coefficient (Wildman–Crippen LogP) is 4.23. The van der Waals surface area contributed by atoms with Crippen LogP contribution in [0.3, 0.4) is 0 Å². The van der Waals surface area contributed by atoms with E-state index in [2.05, 4.69) is 73.5 Å². The number of aromatic nitrogens is 2. The van der Waals surface area contributed by atoms with Gasteiger partial charge in [0.15, 0.2) is 0 Å². The summed E-state index contributed by atoms with van der Waals surface area (Å²) in [6.45, 7) is 3.10. The van der Waals surface area contributed by atoms with Gasteiger partial charge in [-0.1, -0.05) is 38.8 Å². The highest BCUT2D eigenvalue weighted by Gasteiger charge is 2.14. The fraction of sp³-hybridized carbons (Fsp3) is 0.400. The van der Waals surface area contributed by atoms with E-state index in [4.69, 9.17) is 0 Å². The lowest BCUT2D eigenvalue weighted by molar-refractivity contribution is 0.504. The summed E-state index contributed by atoms with van der Waals surface area (Å²) >= 11 is 7.21. The highest BCUT2D eigenvalue weighted by Crippen LogP contribution is 2.29. The van der Waals surface area contributed by atoms with Crippen molar-refractivity contribution in [3.63, 3.8) is 0 Å². The summed E-state index contributed by atoms with van der Waals surface area (Å²) in [5.74, 6) is 0. The molecule has 0 radical (unpaired) electrons. The summed E-state index contributed by atoms with van der Waals surface area (Å²) in [7, 11) is 1.99. The average molecular weight is 401 g/mol. The van der Waals surface area contributed by atoms with Crippen LogP contribution in [0.15, 0.2) is 39.4 Å². The molecule has 1 unspecified atom stereocenters. The number of hydrogen-bond donors (Lipinski definition) is 1. The van der Waals surface area contributed by atoms with Gasteiger partial charge in [-0.2, -0.15) is 5.10 Å². The third-order valence-corrected chi connectivity index (χ3v) is 4.61. The molecule has 0 aliphatic carbocycles. The number of aryl methyl sites for hydroxylation is 2. The number of nitrogens with one attached hydrogen (secondary N) is 1. The Bertz CT molecular complexity index is 566. The van der Waals surface area contributed by atoms with Crippen molar-refractivity contribution in [2.45, 2.75) is 25.8 Å². The second kappa shape index (κ2) is 7.38. The number of hydrogen-bond acceptors (Lipinski definition) is 2. The van der Waals surface area contributed by atoms with Gasteiger partial charge in [0.25, 0.3) is 0 Å². The molecule has 0 saturated heterocycles. The summed E-state index contributed by atoms with van der Waals surface area (Å²) in [5.41, 5.74) is 2.56. The topological polar surface area (TPSA) is 29.9 Å². The number of nitrogens with zero attached hydrogens (tertiary/aromatic N) is 2. The minimum Gasteiger partial charge on any atom is -0.310 e. The first-order chi connectivity index (χ1) is 9.61. The maximum absolute atomic E-state index is 4.22. The first-order valence-electron chi connectivity index (χ1n) is 6.77. The van der Waals surface area contributed by atoms with E-state index in [1.165, 1.54) is 11.3 Å². The zero-order valence-electron chi connectivity index (χ0n) is 11.7. The van der Waals surface area contributed by atoms with Crippen LogP contribution in [-0.2, 0) is 13.5 Å². The zero-order chi connectivity index (χ0) is 14.5. The van der Waals surface area contributed by atoms with E-state index >= 15 is 0 Å². The largest absolute Gasteiger partial charge is 0.310 e. The molecule has 20 heavy (non-hydrogen) atoms. The monoisotopic (exact) mass is 399 g/mol. The van der Waals surface area contributed by atoms with E-state index in [0.29, 0.717) is 6.04 Å². The molecule has 0 aliphatic rings. The molecule has 0 aliphatic heterocycles. The van der Waals surface area contributed by atoms with Crippen molar-refractivity contribution in [1.29, 1.82) is 0 Å². The van der Waals surface area contributed by atoms with Crippen LogP contribution in [0, 0.1) is 0 Å². The van der Waals surface area contributed by atoms with Gasteiger partial charge in [0.2, 0.25) is 0 Å². The second-order valence-electron chi connectivity index (χ2n) is 4.76. The number of benzene rings is 1. The number of halogens is 2. The van der Waals surface area contributed by atoms with Crippen LogP contribution < -0.4 is 5.32 Å². The SMILES string of the molecule is CCNC(CCc1ccnn1C)c1cc(Br)ccc1Br.